The third-order valence-electron chi connectivity index (χ3n) is 3.63. The van der Waals surface area contributed by atoms with Crippen LogP contribution < -0.4 is 10.6 Å². The van der Waals surface area contributed by atoms with Gasteiger partial charge in [-0.3, -0.25) is 0 Å². The lowest BCUT2D eigenvalue weighted by atomic mass is 9.83. The molecule has 1 fully saturated rings. The van der Waals surface area contributed by atoms with Gasteiger partial charge in [-0.2, -0.15) is 0 Å². The van der Waals surface area contributed by atoms with E-state index in [1.807, 2.05) is 6.92 Å². The van der Waals surface area contributed by atoms with Gasteiger partial charge in [0.15, 0.2) is 0 Å². The van der Waals surface area contributed by atoms with E-state index < -0.39 is 0 Å². The Kier molecular flexibility index (Phi) is 6.34. The lowest BCUT2D eigenvalue weighted by molar-refractivity contribution is 0.224. The number of hydrogen-bond donors (Lipinski definition) is 3. The molecule has 2 amide bonds. The highest BCUT2D eigenvalue weighted by Gasteiger charge is 2.18. The molecule has 0 aromatic carbocycles. The van der Waals surface area contributed by atoms with E-state index in [0.717, 1.165) is 12.5 Å². The summed E-state index contributed by atoms with van der Waals surface area (Å²) < 4.78 is 0. The summed E-state index contributed by atoms with van der Waals surface area (Å²) in [5.74, 6) is 1.50. The molecule has 0 heterocycles. The van der Waals surface area contributed by atoms with E-state index in [-0.39, 0.29) is 18.7 Å². The number of urea groups is 1. The molecular weight excluding hydrogens is 216 g/mol. The second-order valence-corrected chi connectivity index (χ2v) is 5.39. The molecule has 17 heavy (non-hydrogen) atoms. The highest BCUT2D eigenvalue weighted by Crippen LogP contribution is 2.27. The van der Waals surface area contributed by atoms with Gasteiger partial charge in [-0.1, -0.05) is 19.8 Å². The van der Waals surface area contributed by atoms with Crippen molar-refractivity contribution < 1.29 is 9.90 Å². The standard InChI is InChI=1S/C13H26N2O2/c1-10-3-5-12(6-4-10)9-14-13(17)15-11(2)7-8-16/h10-12,16H,3-9H2,1-2H3,(H2,14,15,17)/t10?,11-,12?/m1/s1. The maximum atomic E-state index is 11.5. The van der Waals surface area contributed by atoms with Crippen LogP contribution in [0.4, 0.5) is 4.79 Å². The molecule has 0 radical (unpaired) electrons. The number of aliphatic hydroxyl groups excluding tert-OH is 1. The van der Waals surface area contributed by atoms with E-state index in [9.17, 15) is 4.79 Å². The maximum Gasteiger partial charge on any atom is 0.315 e. The molecular formula is C13H26N2O2. The smallest absolute Gasteiger partial charge is 0.315 e. The van der Waals surface area contributed by atoms with E-state index >= 15 is 0 Å². The molecule has 3 N–H and O–H groups in total. The molecule has 1 aliphatic rings. The van der Waals surface area contributed by atoms with Crippen molar-refractivity contribution in [2.45, 2.75) is 52.0 Å². The molecule has 4 nitrogen and oxygen atoms in total. The molecule has 0 aromatic heterocycles. The van der Waals surface area contributed by atoms with Crippen LogP contribution in [-0.4, -0.2) is 30.3 Å². The number of carbonyl (C=O) groups is 1. The first-order valence-corrected chi connectivity index (χ1v) is 6.77. The van der Waals surface area contributed by atoms with Gasteiger partial charge >= 0.3 is 6.03 Å². The van der Waals surface area contributed by atoms with E-state index in [0.29, 0.717) is 12.3 Å². The lowest BCUT2D eigenvalue weighted by Crippen LogP contribution is -2.43. The van der Waals surface area contributed by atoms with Gasteiger partial charge in [-0.15, -0.1) is 0 Å². The maximum absolute atomic E-state index is 11.5. The molecule has 0 aromatic rings. The second kappa shape index (κ2) is 7.54. The molecule has 0 spiro atoms. The third kappa shape index (κ3) is 5.91. The van der Waals surface area contributed by atoms with Crippen LogP contribution in [0.2, 0.25) is 0 Å². The summed E-state index contributed by atoms with van der Waals surface area (Å²) in [6.07, 6.45) is 5.64. The fourth-order valence-electron chi connectivity index (χ4n) is 2.31. The second-order valence-electron chi connectivity index (χ2n) is 5.39. The van der Waals surface area contributed by atoms with Crippen molar-refractivity contribution in [1.82, 2.24) is 10.6 Å². The molecule has 100 valence electrons. The van der Waals surface area contributed by atoms with Gasteiger partial charge in [0.1, 0.15) is 0 Å². The van der Waals surface area contributed by atoms with E-state index in [4.69, 9.17) is 5.11 Å². The minimum Gasteiger partial charge on any atom is -0.396 e. The van der Waals surface area contributed by atoms with Crippen molar-refractivity contribution in [1.29, 1.82) is 0 Å². The van der Waals surface area contributed by atoms with Gasteiger partial charge < -0.3 is 15.7 Å². The molecule has 0 saturated heterocycles. The van der Waals surface area contributed by atoms with Crippen molar-refractivity contribution in [3.63, 3.8) is 0 Å². The summed E-state index contributed by atoms with van der Waals surface area (Å²) in [4.78, 5) is 11.5. The van der Waals surface area contributed by atoms with Gasteiger partial charge in [-0.25, -0.2) is 4.79 Å². The predicted molar refractivity (Wildman–Crippen MR) is 68.8 cm³/mol. The molecule has 1 rings (SSSR count). The lowest BCUT2D eigenvalue weighted by Gasteiger charge is -2.26. The number of amides is 2. The zero-order valence-electron chi connectivity index (χ0n) is 11.0. The number of rotatable bonds is 5. The predicted octanol–water partition coefficient (Wildman–Crippen LogP) is 1.88. The Balaban J connectivity index is 2.11. The summed E-state index contributed by atoms with van der Waals surface area (Å²) in [6, 6.07) is -0.0732. The molecule has 1 saturated carbocycles. The van der Waals surface area contributed by atoms with Crippen molar-refractivity contribution in [3.05, 3.63) is 0 Å². The summed E-state index contributed by atoms with van der Waals surface area (Å²) in [5, 5.41) is 14.5. The first kappa shape index (κ1) is 14.3. The molecule has 0 aliphatic heterocycles. The first-order chi connectivity index (χ1) is 8.11. The van der Waals surface area contributed by atoms with Crippen molar-refractivity contribution in [2.75, 3.05) is 13.2 Å². The normalized spacial score (nSPS) is 26.3. The van der Waals surface area contributed by atoms with Crippen LogP contribution in [0.5, 0.6) is 0 Å². The number of carbonyl (C=O) groups excluding carboxylic acids is 1. The number of aliphatic hydroxyl groups is 1. The van der Waals surface area contributed by atoms with Crippen LogP contribution >= 0.6 is 0 Å². The van der Waals surface area contributed by atoms with Crippen LogP contribution in [0.1, 0.15) is 46.0 Å². The molecule has 0 unspecified atom stereocenters. The zero-order valence-corrected chi connectivity index (χ0v) is 11.0. The Bertz CT molecular complexity index is 225. The number of hydrogen-bond acceptors (Lipinski definition) is 2. The summed E-state index contributed by atoms with van der Waals surface area (Å²) in [6.45, 7) is 5.09. The summed E-state index contributed by atoms with van der Waals surface area (Å²) in [5.41, 5.74) is 0. The Morgan fingerprint density at radius 1 is 1.35 bits per heavy atom. The first-order valence-electron chi connectivity index (χ1n) is 6.77. The minimum atomic E-state index is -0.107. The topological polar surface area (TPSA) is 61.4 Å². The third-order valence-corrected chi connectivity index (χ3v) is 3.63. The minimum absolute atomic E-state index is 0.0337. The Morgan fingerprint density at radius 3 is 2.59 bits per heavy atom. The van der Waals surface area contributed by atoms with Crippen LogP contribution in [-0.2, 0) is 0 Å². The Labute approximate surface area is 104 Å². The van der Waals surface area contributed by atoms with Gasteiger partial charge in [0.25, 0.3) is 0 Å². The zero-order chi connectivity index (χ0) is 12.7. The summed E-state index contributed by atoms with van der Waals surface area (Å²) in [7, 11) is 0. The molecule has 0 bridgehead atoms. The average Bonchev–Trinajstić information content (AvgIpc) is 2.28. The number of nitrogens with one attached hydrogen (secondary N) is 2. The van der Waals surface area contributed by atoms with Gasteiger partial charge in [0.05, 0.1) is 0 Å². The Hall–Kier alpha value is -0.770. The van der Waals surface area contributed by atoms with E-state index in [2.05, 4.69) is 17.6 Å². The van der Waals surface area contributed by atoms with Crippen molar-refractivity contribution >= 4 is 6.03 Å². The largest absolute Gasteiger partial charge is 0.396 e. The SMILES string of the molecule is CC1CCC(CNC(=O)N[C@H](C)CCO)CC1. The van der Waals surface area contributed by atoms with Gasteiger partial charge in [0, 0.05) is 19.2 Å². The Morgan fingerprint density at radius 2 is 2.00 bits per heavy atom. The molecule has 1 atom stereocenters. The van der Waals surface area contributed by atoms with E-state index in [1.54, 1.807) is 0 Å². The van der Waals surface area contributed by atoms with Gasteiger partial charge in [-0.05, 0) is 38.0 Å². The van der Waals surface area contributed by atoms with E-state index in [1.165, 1.54) is 25.7 Å². The quantitative estimate of drug-likeness (QED) is 0.689. The highest BCUT2D eigenvalue weighted by molar-refractivity contribution is 5.74. The highest BCUT2D eigenvalue weighted by atomic mass is 16.3. The van der Waals surface area contributed by atoms with Crippen LogP contribution in [0, 0.1) is 11.8 Å². The monoisotopic (exact) mass is 242 g/mol. The summed E-state index contributed by atoms with van der Waals surface area (Å²) >= 11 is 0. The average molecular weight is 242 g/mol. The van der Waals surface area contributed by atoms with Crippen LogP contribution in [0.25, 0.3) is 0 Å². The van der Waals surface area contributed by atoms with Crippen molar-refractivity contribution in [2.24, 2.45) is 11.8 Å². The van der Waals surface area contributed by atoms with Crippen molar-refractivity contribution in [3.8, 4) is 0 Å². The molecule has 1 aliphatic carbocycles. The van der Waals surface area contributed by atoms with Crippen LogP contribution in [0.3, 0.4) is 0 Å². The van der Waals surface area contributed by atoms with Crippen LogP contribution in [0.15, 0.2) is 0 Å². The fraction of sp³-hybridized carbons (Fsp3) is 0.923. The molecule has 4 heteroatoms. The fourth-order valence-corrected chi connectivity index (χ4v) is 2.31. The van der Waals surface area contributed by atoms with Gasteiger partial charge in [0.2, 0.25) is 0 Å².